The van der Waals surface area contributed by atoms with Crippen molar-refractivity contribution in [2.75, 3.05) is 39.3 Å². The lowest BCUT2D eigenvalue weighted by Crippen LogP contribution is -2.39. The van der Waals surface area contributed by atoms with Crippen molar-refractivity contribution in [2.24, 2.45) is 5.92 Å². The number of methoxy groups -OCH3 is 3. The molecule has 1 saturated heterocycles. The van der Waals surface area contributed by atoms with Crippen molar-refractivity contribution in [1.82, 2.24) is 4.90 Å². The molecule has 1 fully saturated rings. The van der Waals surface area contributed by atoms with Crippen molar-refractivity contribution in [3.8, 4) is 23.3 Å². The van der Waals surface area contributed by atoms with Gasteiger partial charge in [0.25, 0.3) is 0 Å². The van der Waals surface area contributed by atoms with Gasteiger partial charge in [-0.2, -0.15) is 5.26 Å². The molecule has 2 amide bonds. The minimum Gasteiger partial charge on any atom is -0.493 e. The molecule has 33 heavy (non-hydrogen) atoms. The topological polar surface area (TPSA) is 92.1 Å². The number of ether oxygens (including phenoxy) is 3. The molecule has 8 heteroatoms. The van der Waals surface area contributed by atoms with Gasteiger partial charge in [0, 0.05) is 31.6 Å². The van der Waals surface area contributed by atoms with E-state index in [1.54, 1.807) is 34.1 Å². The SMILES string of the molecule is CCN(C(=O)[C@@H]1CC(=O)N(c2cc(OC)c(OC)c(OC)c2)C1)[C@H](C)c1ccc(C#N)cc1. The minimum absolute atomic E-state index is 0.0716. The first-order valence-electron chi connectivity index (χ1n) is 10.8. The Balaban J connectivity index is 1.82. The lowest BCUT2D eigenvalue weighted by atomic mass is 10.0. The largest absolute Gasteiger partial charge is 0.493 e. The van der Waals surface area contributed by atoms with Gasteiger partial charge in [0.05, 0.1) is 50.6 Å². The number of carbonyl (C=O) groups excluding carboxylic acids is 2. The summed E-state index contributed by atoms with van der Waals surface area (Å²) >= 11 is 0. The highest BCUT2D eigenvalue weighted by Gasteiger charge is 2.38. The molecule has 0 bridgehead atoms. The fourth-order valence-corrected chi connectivity index (χ4v) is 4.22. The summed E-state index contributed by atoms with van der Waals surface area (Å²) in [6.07, 6.45) is 0.131. The van der Waals surface area contributed by atoms with E-state index in [2.05, 4.69) is 6.07 Å². The van der Waals surface area contributed by atoms with Crippen LogP contribution in [0.1, 0.15) is 37.4 Å². The molecule has 0 aromatic heterocycles. The molecule has 2 aromatic rings. The summed E-state index contributed by atoms with van der Waals surface area (Å²) in [5.74, 6) is 0.661. The van der Waals surface area contributed by atoms with Gasteiger partial charge in [0.2, 0.25) is 17.6 Å². The summed E-state index contributed by atoms with van der Waals surface area (Å²) in [6.45, 7) is 4.66. The van der Waals surface area contributed by atoms with Gasteiger partial charge < -0.3 is 24.0 Å². The zero-order valence-electron chi connectivity index (χ0n) is 19.6. The fourth-order valence-electron chi connectivity index (χ4n) is 4.22. The predicted molar refractivity (Wildman–Crippen MR) is 124 cm³/mol. The lowest BCUT2D eigenvalue weighted by molar-refractivity contribution is -0.137. The summed E-state index contributed by atoms with van der Waals surface area (Å²) in [5, 5.41) is 9.02. The third kappa shape index (κ3) is 4.72. The summed E-state index contributed by atoms with van der Waals surface area (Å²) in [5.41, 5.74) is 2.10. The van der Waals surface area contributed by atoms with Crippen LogP contribution in [0.2, 0.25) is 0 Å². The van der Waals surface area contributed by atoms with Gasteiger partial charge >= 0.3 is 0 Å². The molecule has 2 atom stereocenters. The number of amides is 2. The number of hydrogen-bond acceptors (Lipinski definition) is 6. The van der Waals surface area contributed by atoms with Crippen molar-refractivity contribution in [3.05, 3.63) is 47.5 Å². The Morgan fingerprint density at radius 2 is 1.76 bits per heavy atom. The molecular weight excluding hydrogens is 422 g/mol. The average molecular weight is 452 g/mol. The second-order valence-electron chi connectivity index (χ2n) is 7.82. The lowest BCUT2D eigenvalue weighted by Gasteiger charge is -2.30. The zero-order chi connectivity index (χ0) is 24.1. The van der Waals surface area contributed by atoms with E-state index in [1.165, 1.54) is 21.3 Å². The molecule has 0 spiro atoms. The van der Waals surface area contributed by atoms with Crippen LogP contribution in [-0.2, 0) is 9.59 Å². The van der Waals surface area contributed by atoms with Crippen LogP contribution >= 0.6 is 0 Å². The number of rotatable bonds is 8. The highest BCUT2D eigenvalue weighted by atomic mass is 16.5. The van der Waals surface area contributed by atoms with Gasteiger partial charge in [-0.15, -0.1) is 0 Å². The Hall–Kier alpha value is -3.73. The van der Waals surface area contributed by atoms with E-state index in [-0.39, 0.29) is 30.8 Å². The normalized spacial score (nSPS) is 16.2. The summed E-state index contributed by atoms with van der Waals surface area (Å²) in [4.78, 5) is 29.7. The monoisotopic (exact) mass is 451 g/mol. The number of carbonyl (C=O) groups is 2. The van der Waals surface area contributed by atoms with Gasteiger partial charge in [-0.3, -0.25) is 9.59 Å². The van der Waals surface area contributed by atoms with Crippen LogP contribution < -0.4 is 19.1 Å². The summed E-state index contributed by atoms with van der Waals surface area (Å²) < 4.78 is 16.2. The first-order valence-corrected chi connectivity index (χ1v) is 10.8. The van der Waals surface area contributed by atoms with Gasteiger partial charge in [0.15, 0.2) is 11.5 Å². The van der Waals surface area contributed by atoms with Crippen molar-refractivity contribution in [2.45, 2.75) is 26.3 Å². The number of anilines is 1. The molecule has 0 unspecified atom stereocenters. The second-order valence-corrected chi connectivity index (χ2v) is 7.82. The van der Waals surface area contributed by atoms with Gasteiger partial charge in [-0.1, -0.05) is 12.1 Å². The Bertz CT molecular complexity index is 1040. The second kappa shape index (κ2) is 10.3. The fraction of sp³-hybridized carbons (Fsp3) is 0.400. The molecule has 1 aliphatic rings. The maximum atomic E-state index is 13.4. The highest BCUT2D eigenvalue weighted by Crippen LogP contribution is 2.42. The van der Waals surface area contributed by atoms with Crippen molar-refractivity contribution >= 4 is 17.5 Å². The van der Waals surface area contributed by atoms with E-state index in [0.717, 1.165) is 5.56 Å². The van der Waals surface area contributed by atoms with E-state index in [0.29, 0.717) is 35.0 Å². The first kappa shape index (κ1) is 23.9. The van der Waals surface area contributed by atoms with Crippen LogP contribution in [0.4, 0.5) is 5.69 Å². The average Bonchev–Trinajstić information content (AvgIpc) is 3.24. The maximum Gasteiger partial charge on any atom is 0.228 e. The molecule has 8 nitrogen and oxygen atoms in total. The maximum absolute atomic E-state index is 13.4. The molecule has 0 N–H and O–H groups in total. The summed E-state index contributed by atoms with van der Waals surface area (Å²) in [6, 6.07) is 12.6. The van der Waals surface area contributed by atoms with E-state index in [1.807, 2.05) is 26.0 Å². The smallest absolute Gasteiger partial charge is 0.228 e. The molecule has 2 aromatic carbocycles. The summed E-state index contributed by atoms with van der Waals surface area (Å²) in [7, 11) is 4.55. The molecule has 3 rings (SSSR count). The number of nitrogens with zero attached hydrogens (tertiary/aromatic N) is 3. The van der Waals surface area contributed by atoms with Crippen LogP contribution in [0, 0.1) is 17.2 Å². The van der Waals surface area contributed by atoms with Crippen LogP contribution in [0.3, 0.4) is 0 Å². The van der Waals surface area contributed by atoms with Crippen LogP contribution in [0.25, 0.3) is 0 Å². The quantitative estimate of drug-likeness (QED) is 0.610. The van der Waals surface area contributed by atoms with E-state index in [9.17, 15) is 9.59 Å². The third-order valence-corrected chi connectivity index (χ3v) is 6.05. The minimum atomic E-state index is -0.461. The number of hydrogen-bond donors (Lipinski definition) is 0. The van der Waals surface area contributed by atoms with E-state index in [4.69, 9.17) is 19.5 Å². The van der Waals surface area contributed by atoms with Gasteiger partial charge in [0.1, 0.15) is 0 Å². The molecule has 1 aliphatic heterocycles. The molecule has 1 heterocycles. The Morgan fingerprint density at radius 3 is 2.24 bits per heavy atom. The van der Waals surface area contributed by atoms with E-state index < -0.39 is 5.92 Å². The van der Waals surface area contributed by atoms with E-state index >= 15 is 0 Å². The van der Waals surface area contributed by atoms with Crippen molar-refractivity contribution in [3.63, 3.8) is 0 Å². The molecular formula is C25H29N3O5. The standard InChI is InChI=1S/C25H29N3O5/c1-6-27(16(2)18-9-7-17(14-26)8-10-18)25(30)19-11-23(29)28(15-19)20-12-21(31-3)24(33-5)22(13-20)32-4/h7-10,12-13,16,19H,6,11,15H2,1-5H3/t16-,19-/m1/s1. The van der Waals surface area contributed by atoms with Gasteiger partial charge in [-0.25, -0.2) is 0 Å². The van der Waals surface area contributed by atoms with Gasteiger partial charge in [-0.05, 0) is 31.5 Å². The van der Waals surface area contributed by atoms with Crippen molar-refractivity contribution < 1.29 is 23.8 Å². The molecule has 174 valence electrons. The first-order chi connectivity index (χ1) is 15.9. The molecule has 0 aliphatic carbocycles. The Morgan fingerprint density at radius 1 is 1.15 bits per heavy atom. The number of nitriles is 1. The zero-order valence-corrected chi connectivity index (χ0v) is 19.6. The van der Waals surface area contributed by atoms with Crippen LogP contribution in [0.15, 0.2) is 36.4 Å². The molecule has 0 saturated carbocycles. The Labute approximate surface area is 194 Å². The van der Waals surface area contributed by atoms with Crippen LogP contribution in [-0.4, -0.2) is 51.1 Å². The van der Waals surface area contributed by atoms with Crippen LogP contribution in [0.5, 0.6) is 17.2 Å². The highest BCUT2D eigenvalue weighted by molar-refractivity contribution is 6.00. The Kier molecular flexibility index (Phi) is 7.44. The predicted octanol–water partition coefficient (Wildman–Crippen LogP) is 3.55. The van der Waals surface area contributed by atoms with Crippen molar-refractivity contribution in [1.29, 1.82) is 5.26 Å². The third-order valence-electron chi connectivity index (χ3n) is 6.05. The molecule has 0 radical (unpaired) electrons. The number of benzene rings is 2.